The van der Waals surface area contributed by atoms with Crippen LogP contribution in [0.25, 0.3) is 0 Å². The summed E-state index contributed by atoms with van der Waals surface area (Å²) in [5.74, 6) is -0.285. The summed E-state index contributed by atoms with van der Waals surface area (Å²) in [5, 5.41) is 0. The summed E-state index contributed by atoms with van der Waals surface area (Å²) >= 11 is 3.34. The van der Waals surface area contributed by atoms with Gasteiger partial charge < -0.3 is 4.90 Å². The van der Waals surface area contributed by atoms with Crippen LogP contribution in [0.1, 0.15) is 16.7 Å². The molecular formula is C29H27BrN2O3S. The predicted octanol–water partition coefficient (Wildman–Crippen LogP) is 5.57. The molecule has 0 saturated heterocycles. The van der Waals surface area contributed by atoms with Crippen molar-refractivity contribution in [3.05, 3.63) is 136 Å². The van der Waals surface area contributed by atoms with Crippen molar-refractivity contribution >= 4 is 31.9 Å². The van der Waals surface area contributed by atoms with Gasteiger partial charge in [-0.25, -0.2) is 8.42 Å². The van der Waals surface area contributed by atoms with Crippen molar-refractivity contribution in [2.24, 2.45) is 0 Å². The number of halogens is 1. The zero-order chi connectivity index (χ0) is 25.4. The zero-order valence-electron chi connectivity index (χ0n) is 19.6. The van der Waals surface area contributed by atoms with Gasteiger partial charge in [0.2, 0.25) is 15.9 Å². The van der Waals surface area contributed by atoms with Gasteiger partial charge in [-0.15, -0.1) is 0 Å². The Morgan fingerprint density at radius 3 is 1.61 bits per heavy atom. The third-order valence-corrected chi connectivity index (χ3v) is 7.76. The van der Waals surface area contributed by atoms with Crippen molar-refractivity contribution < 1.29 is 13.2 Å². The fourth-order valence-electron chi connectivity index (χ4n) is 3.94. The minimum absolute atomic E-state index is 0.106. The Morgan fingerprint density at radius 1 is 0.694 bits per heavy atom. The Kier molecular flexibility index (Phi) is 8.70. The minimum atomic E-state index is -3.94. The Hall–Kier alpha value is -3.26. The van der Waals surface area contributed by atoms with E-state index in [0.717, 1.165) is 21.2 Å². The van der Waals surface area contributed by atoms with Crippen LogP contribution in [0.2, 0.25) is 0 Å². The Morgan fingerprint density at radius 2 is 1.14 bits per heavy atom. The van der Waals surface area contributed by atoms with Gasteiger partial charge in [0.05, 0.1) is 4.90 Å². The van der Waals surface area contributed by atoms with Gasteiger partial charge in [-0.3, -0.25) is 4.79 Å². The normalized spacial score (nSPS) is 12.1. The molecule has 4 aromatic carbocycles. The lowest BCUT2D eigenvalue weighted by atomic mass is 10.0. The molecule has 0 unspecified atom stereocenters. The van der Waals surface area contributed by atoms with E-state index >= 15 is 0 Å². The second-order valence-electron chi connectivity index (χ2n) is 8.48. The van der Waals surface area contributed by atoms with Crippen molar-refractivity contribution in [1.29, 1.82) is 0 Å². The molecule has 1 N–H and O–H groups in total. The molecule has 0 aromatic heterocycles. The van der Waals surface area contributed by atoms with Gasteiger partial charge >= 0.3 is 0 Å². The first-order chi connectivity index (χ1) is 17.4. The number of carbonyl (C=O) groups is 1. The highest BCUT2D eigenvalue weighted by Gasteiger charge is 2.30. The molecule has 0 saturated carbocycles. The summed E-state index contributed by atoms with van der Waals surface area (Å²) in [5.41, 5.74) is 2.81. The van der Waals surface area contributed by atoms with E-state index in [9.17, 15) is 13.2 Å². The lowest BCUT2D eigenvalue weighted by Crippen LogP contribution is -2.49. The SMILES string of the molecule is O=C([C@H](Cc1ccccc1)NS(=O)(=O)c1ccc(Br)cc1)N(Cc1ccccc1)Cc1ccccc1. The minimum Gasteiger partial charge on any atom is -0.333 e. The van der Waals surface area contributed by atoms with Gasteiger partial charge in [-0.2, -0.15) is 4.72 Å². The first-order valence-corrected chi connectivity index (χ1v) is 13.9. The van der Waals surface area contributed by atoms with E-state index in [0.29, 0.717) is 13.1 Å². The summed E-state index contributed by atoms with van der Waals surface area (Å²) in [6.45, 7) is 0.722. The highest BCUT2D eigenvalue weighted by molar-refractivity contribution is 9.10. The summed E-state index contributed by atoms with van der Waals surface area (Å²) in [6, 6.07) is 34.3. The molecule has 0 spiro atoms. The number of amides is 1. The molecule has 4 rings (SSSR count). The first kappa shape index (κ1) is 25.8. The number of hydrogen-bond acceptors (Lipinski definition) is 3. The fourth-order valence-corrected chi connectivity index (χ4v) is 5.39. The summed E-state index contributed by atoms with van der Waals surface area (Å²) in [4.78, 5) is 15.8. The second-order valence-corrected chi connectivity index (χ2v) is 11.1. The third kappa shape index (κ3) is 7.13. The summed E-state index contributed by atoms with van der Waals surface area (Å²) in [7, 11) is -3.94. The molecule has 0 aliphatic heterocycles. The summed E-state index contributed by atoms with van der Waals surface area (Å²) < 4.78 is 30.0. The molecular weight excluding hydrogens is 536 g/mol. The van der Waals surface area contributed by atoms with Gasteiger partial charge in [0.25, 0.3) is 0 Å². The van der Waals surface area contributed by atoms with E-state index in [1.807, 2.05) is 91.0 Å². The van der Waals surface area contributed by atoms with Crippen molar-refractivity contribution in [3.8, 4) is 0 Å². The fraction of sp³-hybridized carbons (Fsp3) is 0.138. The maximum absolute atomic E-state index is 14.0. The maximum Gasteiger partial charge on any atom is 0.241 e. The van der Waals surface area contributed by atoms with Gasteiger partial charge in [-0.1, -0.05) is 107 Å². The quantitative estimate of drug-likeness (QED) is 0.275. The number of hydrogen-bond donors (Lipinski definition) is 1. The molecule has 1 amide bonds. The molecule has 0 heterocycles. The van der Waals surface area contributed by atoms with Crippen LogP contribution in [-0.2, 0) is 34.3 Å². The molecule has 0 radical (unpaired) electrons. The first-order valence-electron chi connectivity index (χ1n) is 11.6. The Labute approximate surface area is 221 Å². The molecule has 184 valence electrons. The van der Waals surface area contributed by atoms with Crippen LogP contribution in [-0.4, -0.2) is 25.3 Å². The largest absolute Gasteiger partial charge is 0.333 e. The van der Waals surface area contributed by atoms with Crippen LogP contribution in [0.4, 0.5) is 0 Å². The topological polar surface area (TPSA) is 66.5 Å². The van der Waals surface area contributed by atoms with Gasteiger partial charge in [0.1, 0.15) is 6.04 Å². The number of nitrogens with one attached hydrogen (secondary N) is 1. The third-order valence-electron chi connectivity index (χ3n) is 5.75. The molecule has 4 aromatic rings. The lowest BCUT2D eigenvalue weighted by molar-refractivity contribution is -0.134. The van der Waals surface area contributed by atoms with Crippen molar-refractivity contribution in [3.63, 3.8) is 0 Å². The Bertz CT molecular complexity index is 1320. The molecule has 7 heteroatoms. The predicted molar refractivity (Wildman–Crippen MR) is 146 cm³/mol. The van der Waals surface area contributed by atoms with Crippen LogP contribution in [0.5, 0.6) is 0 Å². The molecule has 0 aliphatic carbocycles. The standard InChI is InChI=1S/C29H27BrN2O3S/c30-26-16-18-27(19-17-26)36(34,35)31-28(20-23-10-4-1-5-11-23)29(33)32(21-24-12-6-2-7-13-24)22-25-14-8-3-9-15-25/h1-19,28,31H,20-22H2/t28-/m0/s1. The van der Waals surface area contributed by atoms with Gasteiger partial charge in [0, 0.05) is 17.6 Å². The van der Waals surface area contributed by atoms with E-state index in [1.165, 1.54) is 12.1 Å². The average Bonchev–Trinajstić information content (AvgIpc) is 2.89. The smallest absolute Gasteiger partial charge is 0.241 e. The van der Waals surface area contributed by atoms with E-state index in [1.54, 1.807) is 17.0 Å². The highest BCUT2D eigenvalue weighted by atomic mass is 79.9. The van der Waals surface area contributed by atoms with Crippen molar-refractivity contribution in [2.45, 2.75) is 30.4 Å². The highest BCUT2D eigenvalue weighted by Crippen LogP contribution is 2.18. The molecule has 0 aliphatic rings. The zero-order valence-corrected chi connectivity index (χ0v) is 22.0. The summed E-state index contributed by atoms with van der Waals surface area (Å²) in [6.07, 6.45) is 0.232. The van der Waals surface area contributed by atoms with Gasteiger partial charge in [0.15, 0.2) is 0 Å². The van der Waals surface area contributed by atoms with Crippen LogP contribution in [0.3, 0.4) is 0 Å². The van der Waals surface area contributed by atoms with Gasteiger partial charge in [-0.05, 0) is 47.4 Å². The average molecular weight is 564 g/mol. The van der Waals surface area contributed by atoms with E-state index < -0.39 is 16.1 Å². The molecule has 36 heavy (non-hydrogen) atoms. The lowest BCUT2D eigenvalue weighted by Gasteiger charge is -2.28. The van der Waals surface area contributed by atoms with Crippen LogP contribution >= 0.6 is 15.9 Å². The Balaban J connectivity index is 1.67. The molecule has 0 fully saturated rings. The van der Waals surface area contributed by atoms with Crippen molar-refractivity contribution in [1.82, 2.24) is 9.62 Å². The van der Waals surface area contributed by atoms with E-state index in [-0.39, 0.29) is 17.2 Å². The van der Waals surface area contributed by atoms with Crippen molar-refractivity contribution in [2.75, 3.05) is 0 Å². The van der Waals surface area contributed by atoms with E-state index in [4.69, 9.17) is 0 Å². The number of carbonyl (C=O) groups excluding carboxylic acids is 1. The maximum atomic E-state index is 14.0. The molecule has 5 nitrogen and oxygen atoms in total. The number of rotatable bonds is 10. The van der Waals surface area contributed by atoms with Crippen LogP contribution in [0, 0.1) is 0 Å². The monoisotopic (exact) mass is 562 g/mol. The van der Waals surface area contributed by atoms with Crippen LogP contribution < -0.4 is 4.72 Å². The second kappa shape index (κ2) is 12.1. The molecule has 1 atom stereocenters. The number of sulfonamides is 1. The van der Waals surface area contributed by atoms with Crippen LogP contribution in [0.15, 0.2) is 125 Å². The molecule has 0 bridgehead atoms. The van der Waals surface area contributed by atoms with E-state index in [2.05, 4.69) is 20.7 Å². The number of benzene rings is 4. The number of nitrogens with zero attached hydrogens (tertiary/aromatic N) is 1.